The first kappa shape index (κ1) is 12.7. The lowest BCUT2D eigenvalue weighted by atomic mass is 10.0. The Balaban J connectivity index is 1.81. The quantitative estimate of drug-likeness (QED) is 0.617. The molecule has 4 N–H and O–H groups in total. The maximum atomic E-state index is 11.9. The molecule has 6 heteroatoms. The second-order valence-corrected chi connectivity index (χ2v) is 4.87. The summed E-state index contributed by atoms with van der Waals surface area (Å²) in [6.45, 7) is -0.391. The number of piperazine rings is 1. The van der Waals surface area contributed by atoms with Crippen LogP contribution in [0.4, 0.5) is 0 Å². The second-order valence-electron chi connectivity index (χ2n) is 4.87. The van der Waals surface area contributed by atoms with Crippen LogP contribution in [-0.2, 0) is 16.0 Å². The summed E-state index contributed by atoms with van der Waals surface area (Å²) in [5.74, 6) is -0.620. The van der Waals surface area contributed by atoms with E-state index in [9.17, 15) is 9.59 Å². The minimum Gasteiger partial charge on any atom is -0.394 e. The van der Waals surface area contributed by atoms with Crippen LogP contribution in [0, 0.1) is 0 Å². The number of carbonyl (C=O) groups is 2. The van der Waals surface area contributed by atoms with Crippen LogP contribution in [0.3, 0.4) is 0 Å². The van der Waals surface area contributed by atoms with Gasteiger partial charge in [0.1, 0.15) is 12.1 Å². The van der Waals surface area contributed by atoms with Crippen LogP contribution in [0.15, 0.2) is 30.5 Å². The highest BCUT2D eigenvalue weighted by molar-refractivity contribution is 5.97. The molecule has 2 amide bonds. The van der Waals surface area contributed by atoms with Crippen LogP contribution in [0.25, 0.3) is 10.9 Å². The van der Waals surface area contributed by atoms with Gasteiger partial charge in [0.05, 0.1) is 6.61 Å². The van der Waals surface area contributed by atoms with Gasteiger partial charge in [-0.05, 0) is 11.6 Å². The molecular formula is C14H15N3O3. The third-order valence-corrected chi connectivity index (χ3v) is 3.55. The minimum absolute atomic E-state index is 0.270. The average Bonchev–Trinajstić information content (AvgIpc) is 2.86. The zero-order valence-electron chi connectivity index (χ0n) is 10.7. The lowest BCUT2D eigenvalue weighted by Gasteiger charge is -2.28. The maximum absolute atomic E-state index is 11.9. The van der Waals surface area contributed by atoms with E-state index in [-0.39, 0.29) is 11.8 Å². The fraction of sp³-hybridized carbons (Fsp3) is 0.286. The van der Waals surface area contributed by atoms with Gasteiger partial charge in [-0.25, -0.2) is 0 Å². The molecule has 1 aliphatic rings. The van der Waals surface area contributed by atoms with E-state index in [1.165, 1.54) is 0 Å². The van der Waals surface area contributed by atoms with E-state index in [0.717, 1.165) is 16.5 Å². The fourth-order valence-electron chi connectivity index (χ4n) is 2.47. The normalized spacial score (nSPS) is 22.6. The average molecular weight is 273 g/mol. The van der Waals surface area contributed by atoms with Gasteiger partial charge in [-0.2, -0.15) is 0 Å². The number of H-pyrrole nitrogens is 1. The van der Waals surface area contributed by atoms with Crippen molar-refractivity contribution in [1.29, 1.82) is 0 Å². The van der Waals surface area contributed by atoms with Crippen molar-refractivity contribution < 1.29 is 14.7 Å². The summed E-state index contributed by atoms with van der Waals surface area (Å²) in [6, 6.07) is 6.34. The zero-order chi connectivity index (χ0) is 14.1. The first-order valence-electron chi connectivity index (χ1n) is 6.45. The summed E-state index contributed by atoms with van der Waals surface area (Å²) in [5, 5.41) is 15.2. The highest BCUT2D eigenvalue weighted by Crippen LogP contribution is 2.19. The van der Waals surface area contributed by atoms with Crippen molar-refractivity contribution in [3.63, 3.8) is 0 Å². The molecule has 1 aromatic carbocycles. The molecule has 0 radical (unpaired) electrons. The number of aromatic amines is 1. The maximum Gasteiger partial charge on any atom is 0.245 e. The summed E-state index contributed by atoms with van der Waals surface area (Å²) in [5.41, 5.74) is 1.97. The van der Waals surface area contributed by atoms with Crippen molar-refractivity contribution in [2.45, 2.75) is 18.5 Å². The standard InChI is InChI=1S/C14H15N3O3/c18-7-12-14(20)16-11(13(19)17-12)5-8-6-15-10-4-2-1-3-9(8)10/h1-4,6,11-12,15,18H,5,7H2,(H,16,20)(H,17,19)/t11-,12+/m0/s1. The Morgan fingerprint density at radius 2 is 1.75 bits per heavy atom. The van der Waals surface area contributed by atoms with Crippen LogP contribution < -0.4 is 10.6 Å². The van der Waals surface area contributed by atoms with E-state index in [2.05, 4.69) is 15.6 Å². The molecular weight excluding hydrogens is 258 g/mol. The van der Waals surface area contributed by atoms with Gasteiger partial charge in [0.25, 0.3) is 0 Å². The van der Waals surface area contributed by atoms with Crippen LogP contribution in [-0.4, -0.2) is 40.6 Å². The largest absolute Gasteiger partial charge is 0.394 e. The van der Waals surface area contributed by atoms with E-state index in [0.29, 0.717) is 6.42 Å². The van der Waals surface area contributed by atoms with E-state index in [1.54, 1.807) is 0 Å². The lowest BCUT2D eigenvalue weighted by Crippen LogP contribution is -2.63. The Hall–Kier alpha value is -2.34. The summed E-state index contributed by atoms with van der Waals surface area (Å²) in [7, 11) is 0. The molecule has 3 rings (SSSR count). The van der Waals surface area contributed by atoms with Gasteiger partial charge >= 0.3 is 0 Å². The molecule has 20 heavy (non-hydrogen) atoms. The van der Waals surface area contributed by atoms with E-state index >= 15 is 0 Å². The lowest BCUT2D eigenvalue weighted by molar-refractivity contribution is -0.137. The first-order valence-corrected chi connectivity index (χ1v) is 6.45. The Labute approximate surface area is 115 Å². The number of benzene rings is 1. The monoisotopic (exact) mass is 273 g/mol. The van der Waals surface area contributed by atoms with Crippen LogP contribution in [0.2, 0.25) is 0 Å². The Morgan fingerprint density at radius 3 is 2.55 bits per heavy atom. The van der Waals surface area contributed by atoms with E-state index < -0.39 is 18.7 Å². The highest BCUT2D eigenvalue weighted by Gasteiger charge is 2.33. The Bertz CT molecular complexity index is 664. The van der Waals surface area contributed by atoms with Gasteiger partial charge < -0.3 is 20.7 Å². The van der Waals surface area contributed by atoms with Gasteiger partial charge in [-0.15, -0.1) is 0 Å². The summed E-state index contributed by atoms with van der Waals surface area (Å²) in [6.07, 6.45) is 2.27. The van der Waals surface area contributed by atoms with Crippen LogP contribution >= 0.6 is 0 Å². The summed E-state index contributed by atoms with van der Waals surface area (Å²) < 4.78 is 0. The predicted molar refractivity (Wildman–Crippen MR) is 72.9 cm³/mol. The van der Waals surface area contributed by atoms with Gasteiger partial charge in [-0.3, -0.25) is 9.59 Å². The number of rotatable bonds is 3. The number of fused-ring (bicyclic) bond motifs is 1. The van der Waals surface area contributed by atoms with E-state index in [1.807, 2.05) is 30.5 Å². The number of aromatic nitrogens is 1. The Kier molecular flexibility index (Phi) is 3.15. The highest BCUT2D eigenvalue weighted by atomic mass is 16.3. The Morgan fingerprint density at radius 1 is 1.05 bits per heavy atom. The molecule has 0 bridgehead atoms. The van der Waals surface area contributed by atoms with Crippen molar-refractivity contribution in [1.82, 2.24) is 15.6 Å². The second kappa shape index (κ2) is 4.97. The molecule has 0 unspecified atom stereocenters. The SMILES string of the molecule is O=C1N[C@H](CO)C(=O)N[C@H]1Cc1c[nH]c2ccccc12. The van der Waals surface area contributed by atoms with Gasteiger partial charge in [0, 0.05) is 23.5 Å². The number of aliphatic hydroxyl groups is 1. The van der Waals surface area contributed by atoms with Crippen LogP contribution in [0.5, 0.6) is 0 Å². The topological polar surface area (TPSA) is 94.2 Å². The minimum atomic E-state index is -0.846. The van der Waals surface area contributed by atoms with Crippen molar-refractivity contribution >= 4 is 22.7 Å². The summed E-state index contributed by atoms with van der Waals surface area (Å²) in [4.78, 5) is 26.7. The number of aliphatic hydroxyl groups excluding tert-OH is 1. The predicted octanol–water partition coefficient (Wildman–Crippen LogP) is -0.314. The molecule has 1 saturated heterocycles. The molecule has 6 nitrogen and oxygen atoms in total. The fourth-order valence-corrected chi connectivity index (χ4v) is 2.47. The van der Waals surface area contributed by atoms with E-state index in [4.69, 9.17) is 5.11 Å². The van der Waals surface area contributed by atoms with Crippen molar-refractivity contribution in [3.05, 3.63) is 36.0 Å². The number of hydrogen-bond donors (Lipinski definition) is 4. The number of hydrogen-bond acceptors (Lipinski definition) is 3. The molecule has 0 saturated carbocycles. The smallest absolute Gasteiger partial charge is 0.245 e. The van der Waals surface area contributed by atoms with Gasteiger partial charge in [0.15, 0.2) is 0 Å². The summed E-state index contributed by atoms with van der Waals surface area (Å²) >= 11 is 0. The van der Waals surface area contributed by atoms with Crippen molar-refractivity contribution in [3.8, 4) is 0 Å². The van der Waals surface area contributed by atoms with Crippen molar-refractivity contribution in [2.75, 3.05) is 6.61 Å². The molecule has 0 spiro atoms. The molecule has 1 aliphatic heterocycles. The molecule has 2 heterocycles. The number of amides is 2. The molecule has 2 aromatic rings. The van der Waals surface area contributed by atoms with Crippen molar-refractivity contribution in [2.24, 2.45) is 0 Å². The zero-order valence-corrected chi connectivity index (χ0v) is 10.7. The third-order valence-electron chi connectivity index (χ3n) is 3.55. The third kappa shape index (κ3) is 2.14. The number of carbonyl (C=O) groups excluding carboxylic acids is 2. The molecule has 1 aromatic heterocycles. The number of para-hydroxylation sites is 1. The molecule has 1 fully saturated rings. The van der Waals surface area contributed by atoms with Crippen LogP contribution in [0.1, 0.15) is 5.56 Å². The van der Waals surface area contributed by atoms with Gasteiger partial charge in [-0.1, -0.05) is 18.2 Å². The molecule has 0 aliphatic carbocycles. The van der Waals surface area contributed by atoms with Gasteiger partial charge in [0.2, 0.25) is 11.8 Å². The molecule has 2 atom stereocenters. The first-order chi connectivity index (χ1) is 9.69. The number of nitrogens with one attached hydrogen (secondary N) is 3. The molecule has 104 valence electrons.